The maximum Gasteiger partial charge on any atom is 0.271 e. The minimum atomic E-state index is -0.509. The second-order valence-corrected chi connectivity index (χ2v) is 5.89. The summed E-state index contributed by atoms with van der Waals surface area (Å²) in [5.74, 6) is -0.192. The van der Waals surface area contributed by atoms with Crippen LogP contribution in [0, 0.1) is 10.1 Å². The number of nitro benzene ring substituents is 1. The molecule has 1 heterocycles. The number of anilines is 1. The van der Waals surface area contributed by atoms with Crippen LogP contribution in [0.1, 0.15) is 0 Å². The minimum Gasteiger partial charge on any atom is -0.325 e. The van der Waals surface area contributed by atoms with Crippen molar-refractivity contribution >= 4 is 29.0 Å². The van der Waals surface area contributed by atoms with Crippen molar-refractivity contribution in [3.63, 3.8) is 0 Å². The highest BCUT2D eigenvalue weighted by Gasteiger charge is 2.10. The normalized spacial score (nSPS) is 10.4. The molecule has 8 nitrogen and oxygen atoms in total. The lowest BCUT2D eigenvalue weighted by molar-refractivity contribution is -0.384. The van der Waals surface area contributed by atoms with E-state index in [-0.39, 0.29) is 17.3 Å². The van der Waals surface area contributed by atoms with Gasteiger partial charge in [-0.25, -0.2) is 9.67 Å². The molecule has 0 saturated carbocycles. The van der Waals surface area contributed by atoms with Crippen molar-refractivity contribution in [2.75, 3.05) is 11.1 Å². The van der Waals surface area contributed by atoms with Gasteiger partial charge in [-0.15, -0.1) is 5.10 Å². The summed E-state index contributed by atoms with van der Waals surface area (Å²) in [6, 6.07) is 15.3. The van der Waals surface area contributed by atoms with E-state index in [1.54, 1.807) is 17.1 Å². The first-order valence-corrected chi connectivity index (χ1v) is 8.24. The SMILES string of the molecule is O=C(CSc1ncn(-c2ccccc2)n1)Nc1cccc([N+](=O)[O-])c1. The monoisotopic (exact) mass is 355 g/mol. The summed E-state index contributed by atoms with van der Waals surface area (Å²) in [5, 5.41) is 18.1. The van der Waals surface area contributed by atoms with Crippen molar-refractivity contribution < 1.29 is 9.72 Å². The molecule has 1 amide bonds. The van der Waals surface area contributed by atoms with Crippen molar-refractivity contribution in [1.82, 2.24) is 14.8 Å². The number of carbonyl (C=O) groups is 1. The van der Waals surface area contributed by atoms with Crippen molar-refractivity contribution in [3.05, 3.63) is 71.0 Å². The van der Waals surface area contributed by atoms with Crippen LogP contribution >= 0.6 is 11.8 Å². The number of amides is 1. The van der Waals surface area contributed by atoms with Gasteiger partial charge in [-0.2, -0.15) is 0 Å². The van der Waals surface area contributed by atoms with Gasteiger partial charge in [0.2, 0.25) is 11.1 Å². The van der Waals surface area contributed by atoms with Gasteiger partial charge in [-0.05, 0) is 18.2 Å². The van der Waals surface area contributed by atoms with Crippen LogP contribution in [0.15, 0.2) is 66.1 Å². The average Bonchev–Trinajstić information content (AvgIpc) is 3.10. The van der Waals surface area contributed by atoms with Crippen LogP contribution in [-0.4, -0.2) is 31.3 Å². The highest BCUT2D eigenvalue weighted by Crippen LogP contribution is 2.18. The van der Waals surface area contributed by atoms with Gasteiger partial charge in [0.25, 0.3) is 5.69 Å². The first-order valence-electron chi connectivity index (χ1n) is 7.26. The van der Waals surface area contributed by atoms with E-state index in [0.717, 1.165) is 5.69 Å². The Bertz CT molecular complexity index is 898. The van der Waals surface area contributed by atoms with Crippen LogP contribution in [0.3, 0.4) is 0 Å². The van der Waals surface area contributed by atoms with E-state index >= 15 is 0 Å². The third-order valence-corrected chi connectivity index (χ3v) is 4.02. The Kier molecular flexibility index (Phi) is 5.05. The molecule has 9 heteroatoms. The minimum absolute atomic E-state index is 0.0753. The number of benzene rings is 2. The zero-order chi connectivity index (χ0) is 17.6. The van der Waals surface area contributed by atoms with Crippen LogP contribution in [0.25, 0.3) is 5.69 Å². The summed E-state index contributed by atoms with van der Waals surface area (Å²) in [6.07, 6.45) is 1.58. The first kappa shape index (κ1) is 16.7. The van der Waals surface area contributed by atoms with Crippen LogP contribution < -0.4 is 5.32 Å². The predicted octanol–water partition coefficient (Wildman–Crippen LogP) is 2.91. The van der Waals surface area contributed by atoms with E-state index in [9.17, 15) is 14.9 Å². The summed E-state index contributed by atoms with van der Waals surface area (Å²) >= 11 is 1.18. The van der Waals surface area contributed by atoms with Crippen LogP contribution in [0.2, 0.25) is 0 Å². The highest BCUT2D eigenvalue weighted by atomic mass is 32.2. The number of non-ortho nitro benzene ring substituents is 1. The quantitative estimate of drug-likeness (QED) is 0.414. The number of aromatic nitrogens is 3. The zero-order valence-electron chi connectivity index (χ0n) is 12.9. The molecule has 0 unspecified atom stereocenters. The van der Waals surface area contributed by atoms with Crippen molar-refractivity contribution in [1.29, 1.82) is 0 Å². The van der Waals surface area contributed by atoms with Gasteiger partial charge in [-0.3, -0.25) is 14.9 Å². The molecular weight excluding hydrogens is 342 g/mol. The number of nitro groups is 1. The van der Waals surface area contributed by atoms with E-state index in [1.807, 2.05) is 30.3 Å². The molecule has 3 rings (SSSR count). The predicted molar refractivity (Wildman–Crippen MR) is 93.8 cm³/mol. The summed E-state index contributed by atoms with van der Waals surface area (Å²) in [7, 11) is 0. The fraction of sp³-hybridized carbons (Fsp3) is 0.0625. The molecule has 0 aliphatic heterocycles. The van der Waals surface area contributed by atoms with E-state index in [1.165, 1.54) is 30.0 Å². The van der Waals surface area contributed by atoms with Crippen molar-refractivity contribution in [3.8, 4) is 5.69 Å². The lowest BCUT2D eigenvalue weighted by Crippen LogP contribution is -2.14. The van der Waals surface area contributed by atoms with Gasteiger partial charge < -0.3 is 5.32 Å². The third kappa shape index (κ3) is 4.42. The first-order chi connectivity index (χ1) is 12.1. The topological polar surface area (TPSA) is 103 Å². The zero-order valence-corrected chi connectivity index (χ0v) is 13.7. The van der Waals surface area contributed by atoms with Gasteiger partial charge in [0.05, 0.1) is 16.4 Å². The third-order valence-electron chi connectivity index (χ3n) is 3.16. The molecule has 0 bridgehead atoms. The Labute approximate surface area is 147 Å². The summed E-state index contributed by atoms with van der Waals surface area (Å²) in [6.45, 7) is 0. The lowest BCUT2D eigenvalue weighted by Gasteiger charge is -2.03. The van der Waals surface area contributed by atoms with E-state index in [4.69, 9.17) is 0 Å². The van der Waals surface area contributed by atoms with Gasteiger partial charge in [-0.1, -0.05) is 36.0 Å². The Balaban J connectivity index is 1.57. The van der Waals surface area contributed by atoms with E-state index < -0.39 is 4.92 Å². The maximum absolute atomic E-state index is 12.0. The summed E-state index contributed by atoms with van der Waals surface area (Å²) < 4.78 is 1.63. The largest absolute Gasteiger partial charge is 0.325 e. The molecule has 0 saturated heterocycles. The molecule has 0 radical (unpaired) electrons. The maximum atomic E-state index is 12.0. The second kappa shape index (κ2) is 7.58. The average molecular weight is 355 g/mol. The Morgan fingerprint density at radius 3 is 2.76 bits per heavy atom. The number of nitrogens with one attached hydrogen (secondary N) is 1. The van der Waals surface area contributed by atoms with Crippen LogP contribution in [0.5, 0.6) is 0 Å². The fourth-order valence-corrected chi connectivity index (χ4v) is 2.64. The number of hydrogen-bond donors (Lipinski definition) is 1. The van der Waals surface area contributed by atoms with Crippen LogP contribution in [0.4, 0.5) is 11.4 Å². The van der Waals surface area contributed by atoms with E-state index in [0.29, 0.717) is 10.8 Å². The molecular formula is C16H13N5O3S. The summed E-state index contributed by atoms with van der Waals surface area (Å²) in [4.78, 5) is 26.4. The van der Waals surface area contributed by atoms with Gasteiger partial charge in [0, 0.05) is 17.8 Å². The molecule has 0 atom stereocenters. The molecule has 25 heavy (non-hydrogen) atoms. The number of para-hydroxylation sites is 1. The molecule has 2 aromatic carbocycles. The highest BCUT2D eigenvalue weighted by molar-refractivity contribution is 7.99. The van der Waals surface area contributed by atoms with Crippen molar-refractivity contribution in [2.45, 2.75) is 5.16 Å². The van der Waals surface area contributed by atoms with Crippen molar-refractivity contribution in [2.24, 2.45) is 0 Å². The number of thioether (sulfide) groups is 1. The molecule has 1 N–H and O–H groups in total. The van der Waals surface area contributed by atoms with Gasteiger partial charge in [0.1, 0.15) is 6.33 Å². The second-order valence-electron chi connectivity index (χ2n) is 4.95. The van der Waals surface area contributed by atoms with E-state index in [2.05, 4.69) is 15.4 Å². The molecule has 0 aliphatic carbocycles. The smallest absolute Gasteiger partial charge is 0.271 e. The fourth-order valence-electron chi connectivity index (χ4n) is 2.04. The summed E-state index contributed by atoms with van der Waals surface area (Å²) in [5.41, 5.74) is 1.18. The Morgan fingerprint density at radius 1 is 1.20 bits per heavy atom. The van der Waals surface area contributed by atoms with Crippen LogP contribution in [-0.2, 0) is 4.79 Å². The Morgan fingerprint density at radius 2 is 2.00 bits per heavy atom. The molecule has 3 aromatic rings. The molecule has 1 aromatic heterocycles. The molecule has 0 fully saturated rings. The standard InChI is InChI=1S/C16H13N5O3S/c22-15(18-12-5-4-8-14(9-12)21(23)24)10-25-16-17-11-20(19-16)13-6-2-1-3-7-13/h1-9,11H,10H2,(H,18,22). The number of nitrogens with zero attached hydrogens (tertiary/aromatic N) is 4. The number of hydrogen-bond acceptors (Lipinski definition) is 6. The lowest BCUT2D eigenvalue weighted by atomic mass is 10.3. The van der Waals surface area contributed by atoms with Gasteiger partial charge in [0.15, 0.2) is 0 Å². The molecule has 0 aliphatic rings. The number of rotatable bonds is 6. The number of carbonyl (C=O) groups excluding carboxylic acids is 1. The Hall–Kier alpha value is -3.20. The van der Waals surface area contributed by atoms with Gasteiger partial charge >= 0.3 is 0 Å². The molecule has 0 spiro atoms. The molecule has 126 valence electrons.